The molecule has 0 fully saturated rings. The maximum atomic E-state index is 13.4. The van der Waals surface area contributed by atoms with Crippen molar-refractivity contribution in [3.05, 3.63) is 48.4 Å². The number of aliphatic imine (C=N–C) groups is 1. The first kappa shape index (κ1) is 21.5. The van der Waals surface area contributed by atoms with Gasteiger partial charge in [0.1, 0.15) is 5.82 Å². The van der Waals surface area contributed by atoms with Crippen LogP contribution >= 0.6 is 24.0 Å². The molecular weight excluding hydrogens is 430 g/mol. The van der Waals surface area contributed by atoms with Crippen LogP contribution in [0.2, 0.25) is 0 Å². The topological polar surface area (TPSA) is 43.4 Å². The lowest BCUT2D eigenvalue weighted by atomic mass is 10.1. The molecule has 6 heteroatoms. The van der Waals surface area contributed by atoms with E-state index in [1.165, 1.54) is 6.07 Å². The van der Waals surface area contributed by atoms with E-state index in [4.69, 9.17) is 4.99 Å². The average molecular weight is 458 g/mol. The first-order chi connectivity index (χ1) is 11.7. The first-order valence-corrected chi connectivity index (χ1v) is 8.51. The van der Waals surface area contributed by atoms with Crippen LogP contribution in [0.25, 0.3) is 10.9 Å². The highest BCUT2D eigenvalue weighted by Crippen LogP contribution is 2.19. The van der Waals surface area contributed by atoms with Gasteiger partial charge in [-0.25, -0.2) is 4.39 Å². The molecule has 0 aliphatic carbocycles. The molecule has 0 unspecified atom stereocenters. The Morgan fingerprint density at radius 3 is 2.96 bits per heavy atom. The maximum Gasteiger partial charge on any atom is 0.193 e. The largest absolute Gasteiger partial charge is 0.361 e. The molecule has 25 heavy (non-hydrogen) atoms. The molecule has 0 atom stereocenters. The van der Waals surface area contributed by atoms with Gasteiger partial charge in [-0.05, 0) is 49.9 Å². The predicted octanol–water partition coefficient (Wildman–Crippen LogP) is 4.33. The maximum absolute atomic E-state index is 13.4. The summed E-state index contributed by atoms with van der Waals surface area (Å²) in [6, 6.07) is 4.83. The second kappa shape index (κ2) is 11.1. The Hall–Kier alpha value is -1.57. The van der Waals surface area contributed by atoms with E-state index in [2.05, 4.69) is 28.7 Å². The van der Waals surface area contributed by atoms with Crippen molar-refractivity contribution in [1.82, 2.24) is 15.2 Å². The van der Waals surface area contributed by atoms with E-state index in [9.17, 15) is 4.39 Å². The Balaban J connectivity index is 0.00000312. The van der Waals surface area contributed by atoms with Crippen molar-refractivity contribution in [1.29, 1.82) is 0 Å². The summed E-state index contributed by atoms with van der Waals surface area (Å²) < 4.78 is 13.4. The van der Waals surface area contributed by atoms with E-state index < -0.39 is 0 Å². The molecular formula is C19H28FIN4. The number of guanidine groups is 1. The number of aromatic amines is 1. The molecule has 0 aliphatic rings. The zero-order valence-electron chi connectivity index (χ0n) is 15.0. The Bertz CT molecular complexity index is 696. The molecule has 0 radical (unpaired) electrons. The number of aromatic nitrogens is 1. The van der Waals surface area contributed by atoms with Gasteiger partial charge in [0.2, 0.25) is 0 Å². The summed E-state index contributed by atoms with van der Waals surface area (Å²) in [6.07, 6.45) is 6.73. The molecule has 0 spiro atoms. The van der Waals surface area contributed by atoms with Crippen LogP contribution in [0.3, 0.4) is 0 Å². The third kappa shape index (κ3) is 6.34. The normalized spacial score (nSPS) is 11.2. The van der Waals surface area contributed by atoms with Crippen LogP contribution in [0, 0.1) is 5.82 Å². The number of halogens is 2. The molecule has 0 saturated heterocycles. The van der Waals surface area contributed by atoms with Crippen molar-refractivity contribution in [2.75, 3.05) is 26.7 Å². The van der Waals surface area contributed by atoms with Crippen LogP contribution in [-0.2, 0) is 6.42 Å². The lowest BCUT2D eigenvalue weighted by Crippen LogP contribution is -2.39. The second-order valence-corrected chi connectivity index (χ2v) is 5.84. The summed E-state index contributed by atoms with van der Waals surface area (Å²) in [5, 5.41) is 4.26. The second-order valence-electron chi connectivity index (χ2n) is 5.84. The van der Waals surface area contributed by atoms with Crippen LogP contribution < -0.4 is 5.32 Å². The van der Waals surface area contributed by atoms with E-state index in [1.807, 2.05) is 19.3 Å². The molecule has 1 aromatic heterocycles. The number of H-pyrrole nitrogens is 1. The molecule has 138 valence electrons. The van der Waals surface area contributed by atoms with Crippen molar-refractivity contribution >= 4 is 40.8 Å². The number of fused-ring (bicyclic) bond motifs is 1. The molecule has 0 amide bonds. The van der Waals surface area contributed by atoms with Crippen LogP contribution in [0.5, 0.6) is 0 Å². The van der Waals surface area contributed by atoms with E-state index in [0.717, 1.165) is 54.8 Å². The number of allylic oxidation sites excluding steroid dienone is 1. The summed E-state index contributed by atoms with van der Waals surface area (Å²) in [7, 11) is 2.05. The van der Waals surface area contributed by atoms with Gasteiger partial charge in [-0.3, -0.25) is 4.99 Å². The summed E-state index contributed by atoms with van der Waals surface area (Å²) in [5.41, 5.74) is 2.06. The van der Waals surface area contributed by atoms with Crippen molar-refractivity contribution in [3.8, 4) is 0 Å². The van der Waals surface area contributed by atoms with Crippen LogP contribution in [-0.4, -0.2) is 42.5 Å². The van der Waals surface area contributed by atoms with E-state index in [0.29, 0.717) is 6.54 Å². The minimum absolute atomic E-state index is 0. The molecule has 1 heterocycles. The zero-order chi connectivity index (χ0) is 17.4. The van der Waals surface area contributed by atoms with Crippen LogP contribution in [0.15, 0.2) is 42.0 Å². The Morgan fingerprint density at radius 2 is 2.24 bits per heavy atom. The number of nitrogens with zero attached hydrogens (tertiary/aromatic N) is 2. The lowest BCUT2D eigenvalue weighted by Gasteiger charge is -2.21. The minimum Gasteiger partial charge on any atom is -0.361 e. The number of hydrogen-bond acceptors (Lipinski definition) is 1. The molecule has 0 saturated carbocycles. The van der Waals surface area contributed by atoms with Crippen molar-refractivity contribution < 1.29 is 4.39 Å². The van der Waals surface area contributed by atoms with Gasteiger partial charge in [0.05, 0.1) is 0 Å². The van der Waals surface area contributed by atoms with Crippen molar-refractivity contribution in [2.45, 2.75) is 26.2 Å². The standard InChI is InChI=1S/C19H27FN4.HI/c1-4-6-7-12-24(3)19(21-5-2)22-11-10-15-14-23-18-9-8-16(20)13-17(15)18;/h4,8-9,13-14,23H,1,5-7,10-12H2,2-3H3,(H,21,22);1H. The zero-order valence-corrected chi connectivity index (χ0v) is 17.3. The molecule has 1 aromatic carbocycles. The van der Waals surface area contributed by atoms with Gasteiger partial charge in [0, 0.05) is 43.8 Å². The van der Waals surface area contributed by atoms with Crippen molar-refractivity contribution in [3.63, 3.8) is 0 Å². The van der Waals surface area contributed by atoms with Gasteiger partial charge in [0.25, 0.3) is 0 Å². The summed E-state index contributed by atoms with van der Waals surface area (Å²) in [5.74, 6) is 0.703. The third-order valence-corrected chi connectivity index (χ3v) is 3.97. The summed E-state index contributed by atoms with van der Waals surface area (Å²) in [4.78, 5) is 10.0. The SMILES string of the molecule is C=CCCCN(C)C(=NCCc1c[nH]c2ccc(F)cc12)NCC.I. The number of nitrogens with one attached hydrogen (secondary N) is 2. The van der Waals surface area contributed by atoms with Crippen LogP contribution in [0.1, 0.15) is 25.3 Å². The van der Waals surface area contributed by atoms with Crippen molar-refractivity contribution in [2.24, 2.45) is 4.99 Å². The fraction of sp³-hybridized carbons (Fsp3) is 0.421. The average Bonchev–Trinajstić information content (AvgIpc) is 2.96. The van der Waals surface area contributed by atoms with Gasteiger partial charge in [-0.2, -0.15) is 0 Å². The highest BCUT2D eigenvalue weighted by Gasteiger charge is 2.07. The monoisotopic (exact) mass is 458 g/mol. The smallest absolute Gasteiger partial charge is 0.193 e. The number of rotatable bonds is 8. The van der Waals surface area contributed by atoms with E-state index in [-0.39, 0.29) is 29.8 Å². The Morgan fingerprint density at radius 1 is 1.44 bits per heavy atom. The van der Waals surface area contributed by atoms with Gasteiger partial charge in [-0.1, -0.05) is 6.08 Å². The fourth-order valence-corrected chi connectivity index (χ4v) is 2.69. The molecule has 0 bridgehead atoms. The molecule has 4 nitrogen and oxygen atoms in total. The predicted molar refractivity (Wildman–Crippen MR) is 115 cm³/mol. The lowest BCUT2D eigenvalue weighted by molar-refractivity contribution is 0.470. The molecule has 2 aromatic rings. The van der Waals surface area contributed by atoms with Gasteiger partial charge in [0.15, 0.2) is 5.96 Å². The number of hydrogen-bond donors (Lipinski definition) is 2. The fourth-order valence-electron chi connectivity index (χ4n) is 2.69. The van der Waals surface area contributed by atoms with Gasteiger partial charge >= 0.3 is 0 Å². The van der Waals surface area contributed by atoms with E-state index in [1.54, 1.807) is 12.1 Å². The first-order valence-electron chi connectivity index (χ1n) is 8.51. The molecule has 2 rings (SSSR count). The highest BCUT2D eigenvalue weighted by molar-refractivity contribution is 14.0. The number of unbranched alkanes of at least 4 members (excludes halogenated alkanes) is 1. The van der Waals surface area contributed by atoms with Crippen LogP contribution in [0.4, 0.5) is 4.39 Å². The summed E-state index contributed by atoms with van der Waals surface area (Å²) in [6.45, 7) is 8.26. The van der Waals surface area contributed by atoms with E-state index >= 15 is 0 Å². The number of benzene rings is 1. The summed E-state index contributed by atoms with van der Waals surface area (Å²) >= 11 is 0. The minimum atomic E-state index is -0.206. The molecule has 2 N–H and O–H groups in total. The molecule has 0 aliphatic heterocycles. The van der Waals surface area contributed by atoms with Gasteiger partial charge in [-0.15, -0.1) is 30.6 Å². The Kier molecular flexibility index (Phi) is 9.55. The third-order valence-electron chi connectivity index (χ3n) is 3.97. The Labute approximate surface area is 166 Å². The highest BCUT2D eigenvalue weighted by atomic mass is 127. The van der Waals surface area contributed by atoms with Gasteiger partial charge < -0.3 is 15.2 Å². The quantitative estimate of drug-likeness (QED) is 0.203.